The highest BCUT2D eigenvalue weighted by atomic mass is 79.9. The van der Waals surface area contributed by atoms with E-state index < -0.39 is 0 Å². The predicted molar refractivity (Wildman–Crippen MR) is 71.8 cm³/mol. The molecule has 4 nitrogen and oxygen atoms in total. The van der Waals surface area contributed by atoms with Crippen LogP contribution in [0.25, 0.3) is 0 Å². The zero-order valence-corrected chi connectivity index (χ0v) is 11.4. The van der Waals surface area contributed by atoms with Crippen LogP contribution in [0, 0.1) is 0 Å². The minimum absolute atomic E-state index is 0.0259. The van der Waals surface area contributed by atoms with Gasteiger partial charge in [0.05, 0.1) is 6.61 Å². The van der Waals surface area contributed by atoms with Gasteiger partial charge in [0, 0.05) is 28.8 Å². The van der Waals surface area contributed by atoms with Gasteiger partial charge in [-0.15, -0.1) is 0 Å². The minimum Gasteiger partial charge on any atom is -0.398 e. The first kappa shape index (κ1) is 14.0. The van der Waals surface area contributed by atoms with Crippen molar-refractivity contribution in [3.05, 3.63) is 28.2 Å². The summed E-state index contributed by atoms with van der Waals surface area (Å²) in [5.41, 5.74) is 6.85. The van der Waals surface area contributed by atoms with E-state index >= 15 is 0 Å². The lowest BCUT2D eigenvalue weighted by molar-refractivity contribution is 0.0722. The molecule has 0 aliphatic carbocycles. The molecular weight excluding hydrogens is 284 g/mol. The number of halogens is 1. The number of aliphatic hydroxyl groups is 1. The number of carbonyl (C=O) groups excluding carboxylic acids is 1. The maximum Gasteiger partial charge on any atom is 0.253 e. The molecule has 1 aromatic rings. The Morgan fingerprint density at radius 1 is 1.47 bits per heavy atom. The van der Waals surface area contributed by atoms with Gasteiger partial charge in [-0.2, -0.15) is 0 Å². The third kappa shape index (κ3) is 3.71. The zero-order chi connectivity index (χ0) is 12.8. The topological polar surface area (TPSA) is 66.6 Å². The molecule has 0 fully saturated rings. The SMILES string of the molecule is CCCN(CCO)C(=O)c1ccc(N)c(Br)c1. The molecule has 0 radical (unpaired) electrons. The molecule has 0 aromatic heterocycles. The molecule has 0 spiro atoms. The summed E-state index contributed by atoms with van der Waals surface area (Å²) in [6.45, 7) is 2.97. The predicted octanol–water partition coefficient (Wildman–Crippen LogP) is 1.88. The standard InChI is InChI=1S/C12H17BrN2O2/c1-2-5-15(6-7-16)12(17)9-3-4-11(14)10(13)8-9/h3-4,8,16H,2,5-7,14H2,1H3. The molecule has 17 heavy (non-hydrogen) atoms. The van der Waals surface area contributed by atoms with E-state index in [1.807, 2.05) is 6.92 Å². The van der Waals surface area contributed by atoms with Crippen molar-refractivity contribution >= 4 is 27.5 Å². The lowest BCUT2D eigenvalue weighted by atomic mass is 10.2. The molecule has 0 saturated carbocycles. The van der Waals surface area contributed by atoms with Crippen LogP contribution in [0.2, 0.25) is 0 Å². The van der Waals surface area contributed by atoms with E-state index in [0.717, 1.165) is 6.42 Å². The Morgan fingerprint density at radius 2 is 2.18 bits per heavy atom. The van der Waals surface area contributed by atoms with Crippen LogP contribution in [0.3, 0.4) is 0 Å². The third-order valence-corrected chi connectivity index (χ3v) is 3.08. The van der Waals surface area contributed by atoms with Gasteiger partial charge in [-0.25, -0.2) is 0 Å². The number of anilines is 1. The molecule has 0 heterocycles. The largest absolute Gasteiger partial charge is 0.398 e. The fraction of sp³-hybridized carbons (Fsp3) is 0.417. The van der Waals surface area contributed by atoms with E-state index in [4.69, 9.17) is 10.8 Å². The summed E-state index contributed by atoms with van der Waals surface area (Å²) >= 11 is 3.30. The van der Waals surface area contributed by atoms with E-state index in [1.54, 1.807) is 23.1 Å². The highest BCUT2D eigenvalue weighted by Gasteiger charge is 2.15. The number of nitrogen functional groups attached to an aromatic ring is 1. The molecule has 0 unspecified atom stereocenters. The number of amides is 1. The molecular formula is C12H17BrN2O2. The van der Waals surface area contributed by atoms with Crippen LogP contribution in [0.15, 0.2) is 22.7 Å². The number of aliphatic hydroxyl groups excluding tert-OH is 1. The van der Waals surface area contributed by atoms with Crippen molar-refractivity contribution in [3.63, 3.8) is 0 Å². The smallest absolute Gasteiger partial charge is 0.253 e. The minimum atomic E-state index is -0.0819. The van der Waals surface area contributed by atoms with Crippen LogP contribution < -0.4 is 5.73 Å². The summed E-state index contributed by atoms with van der Waals surface area (Å²) in [7, 11) is 0. The first-order chi connectivity index (χ1) is 8.10. The average molecular weight is 301 g/mol. The molecule has 0 atom stereocenters. The second-order valence-electron chi connectivity index (χ2n) is 3.75. The van der Waals surface area contributed by atoms with Gasteiger partial charge < -0.3 is 15.7 Å². The van der Waals surface area contributed by atoms with E-state index in [2.05, 4.69) is 15.9 Å². The number of rotatable bonds is 5. The molecule has 1 rings (SSSR count). The van der Waals surface area contributed by atoms with Crippen molar-refractivity contribution < 1.29 is 9.90 Å². The van der Waals surface area contributed by atoms with Gasteiger partial charge in [0.1, 0.15) is 0 Å². The van der Waals surface area contributed by atoms with Crippen molar-refractivity contribution in [2.75, 3.05) is 25.4 Å². The molecule has 3 N–H and O–H groups in total. The fourth-order valence-electron chi connectivity index (χ4n) is 1.55. The van der Waals surface area contributed by atoms with Crippen molar-refractivity contribution in [1.29, 1.82) is 0 Å². The van der Waals surface area contributed by atoms with Crippen molar-refractivity contribution in [3.8, 4) is 0 Å². The first-order valence-corrected chi connectivity index (χ1v) is 6.34. The van der Waals surface area contributed by atoms with E-state index in [1.165, 1.54) is 0 Å². The maximum absolute atomic E-state index is 12.1. The van der Waals surface area contributed by atoms with E-state index in [0.29, 0.717) is 28.8 Å². The summed E-state index contributed by atoms with van der Waals surface area (Å²) in [5.74, 6) is -0.0819. The Morgan fingerprint density at radius 3 is 2.71 bits per heavy atom. The monoisotopic (exact) mass is 300 g/mol. The molecule has 1 aromatic carbocycles. The van der Waals surface area contributed by atoms with E-state index in [9.17, 15) is 4.79 Å². The Labute approximate surface area is 110 Å². The Hall–Kier alpha value is -1.07. The summed E-state index contributed by atoms with van der Waals surface area (Å²) in [6.07, 6.45) is 0.863. The van der Waals surface area contributed by atoms with Gasteiger partial charge in [-0.3, -0.25) is 4.79 Å². The number of hydrogen-bond donors (Lipinski definition) is 2. The quantitative estimate of drug-likeness (QED) is 0.816. The van der Waals surface area contributed by atoms with Gasteiger partial charge in [-0.1, -0.05) is 6.92 Å². The number of nitrogens with zero attached hydrogens (tertiary/aromatic N) is 1. The van der Waals surface area contributed by atoms with Crippen molar-refractivity contribution in [2.45, 2.75) is 13.3 Å². The molecule has 0 aliphatic heterocycles. The Kier molecular flexibility index (Phi) is 5.44. The van der Waals surface area contributed by atoms with Crippen molar-refractivity contribution in [1.82, 2.24) is 4.90 Å². The molecule has 0 aliphatic rings. The van der Waals surface area contributed by atoms with Crippen molar-refractivity contribution in [2.24, 2.45) is 0 Å². The third-order valence-electron chi connectivity index (χ3n) is 2.40. The normalized spacial score (nSPS) is 10.3. The van der Waals surface area contributed by atoms with Crippen LogP contribution in [-0.4, -0.2) is 35.6 Å². The lowest BCUT2D eigenvalue weighted by Gasteiger charge is -2.21. The zero-order valence-electron chi connectivity index (χ0n) is 9.82. The van der Waals surface area contributed by atoms with Crippen LogP contribution in [0.1, 0.15) is 23.7 Å². The summed E-state index contributed by atoms with van der Waals surface area (Å²) < 4.78 is 0.712. The fourth-order valence-corrected chi connectivity index (χ4v) is 1.93. The van der Waals surface area contributed by atoms with Gasteiger partial charge >= 0.3 is 0 Å². The molecule has 0 bridgehead atoms. The van der Waals surface area contributed by atoms with Gasteiger partial charge in [0.2, 0.25) is 0 Å². The molecule has 0 saturated heterocycles. The number of nitrogens with two attached hydrogens (primary N) is 1. The number of benzene rings is 1. The summed E-state index contributed by atoms with van der Waals surface area (Å²) in [6, 6.07) is 5.10. The Bertz CT molecular complexity index is 390. The first-order valence-electron chi connectivity index (χ1n) is 5.55. The van der Waals surface area contributed by atoms with E-state index in [-0.39, 0.29) is 12.5 Å². The number of hydrogen-bond acceptors (Lipinski definition) is 3. The highest BCUT2D eigenvalue weighted by molar-refractivity contribution is 9.10. The van der Waals surface area contributed by atoms with Crippen LogP contribution in [0.4, 0.5) is 5.69 Å². The van der Waals surface area contributed by atoms with Crippen LogP contribution >= 0.6 is 15.9 Å². The second kappa shape index (κ2) is 6.61. The summed E-state index contributed by atoms with van der Waals surface area (Å²) in [4.78, 5) is 13.8. The van der Waals surface area contributed by atoms with Gasteiger partial charge in [-0.05, 0) is 40.5 Å². The van der Waals surface area contributed by atoms with Crippen LogP contribution in [-0.2, 0) is 0 Å². The lowest BCUT2D eigenvalue weighted by Crippen LogP contribution is -2.34. The highest BCUT2D eigenvalue weighted by Crippen LogP contribution is 2.21. The Balaban J connectivity index is 2.88. The molecule has 5 heteroatoms. The average Bonchev–Trinajstić information content (AvgIpc) is 2.31. The van der Waals surface area contributed by atoms with Gasteiger partial charge in [0.25, 0.3) is 5.91 Å². The molecule has 1 amide bonds. The molecule has 94 valence electrons. The van der Waals surface area contributed by atoms with Gasteiger partial charge in [0.15, 0.2) is 0 Å². The second-order valence-corrected chi connectivity index (χ2v) is 4.61. The summed E-state index contributed by atoms with van der Waals surface area (Å²) in [5, 5.41) is 8.93. The maximum atomic E-state index is 12.1. The number of carbonyl (C=O) groups is 1. The van der Waals surface area contributed by atoms with Crippen LogP contribution in [0.5, 0.6) is 0 Å².